The number of hydrogen-bond acceptors (Lipinski definition) is 0. The van der Waals surface area contributed by atoms with Gasteiger partial charge in [0, 0.05) is 0 Å². The van der Waals surface area contributed by atoms with E-state index >= 15 is 0 Å². The maximum atomic E-state index is 3.56. The van der Waals surface area contributed by atoms with Gasteiger partial charge >= 0.3 is 63.4 Å². The average Bonchev–Trinajstić information content (AvgIpc) is 1.87. The van der Waals surface area contributed by atoms with Crippen molar-refractivity contribution in [2.24, 2.45) is 0 Å². The zero-order chi connectivity index (χ0) is 6.62. The van der Waals surface area contributed by atoms with Gasteiger partial charge in [0.1, 0.15) is 0 Å². The fourth-order valence-electron chi connectivity index (χ4n) is 0.750. The summed E-state index contributed by atoms with van der Waals surface area (Å²) in [4.78, 5) is 0. The Bertz CT molecular complexity index is 51.3. The van der Waals surface area contributed by atoms with Gasteiger partial charge in [0.15, 0.2) is 0 Å². The summed E-state index contributed by atoms with van der Waals surface area (Å²) in [5.41, 5.74) is -0.821. The molecule has 0 fully saturated rings. The zero-order valence-electron chi connectivity index (χ0n) is 5.94. The van der Waals surface area contributed by atoms with Crippen LogP contribution in [0.5, 0.6) is 0 Å². The molecule has 0 atom stereocenters. The predicted molar refractivity (Wildman–Crippen MR) is 39.9 cm³/mol. The molecule has 0 aliphatic heterocycles. The van der Waals surface area contributed by atoms with Crippen LogP contribution >= 0.6 is 5.45 Å². The molecule has 0 rings (SSSR count). The van der Waals surface area contributed by atoms with Crippen molar-refractivity contribution < 1.29 is 18.7 Å². The molecule has 0 saturated carbocycles. The molecule has 0 aromatic rings. The van der Waals surface area contributed by atoms with Gasteiger partial charge in [-0.15, -0.1) is 0 Å². The zero-order valence-corrected chi connectivity index (χ0v) is 8.49. The Morgan fingerprint density at radius 3 is 1.25 bits per heavy atom. The minimum absolute atomic E-state index is 0.821. The van der Waals surface area contributed by atoms with Crippen molar-refractivity contribution in [3.8, 4) is 0 Å². The summed E-state index contributed by atoms with van der Waals surface area (Å²) in [6.07, 6.45) is 4.18. The summed E-state index contributed by atoms with van der Waals surface area (Å²) < 4.78 is 0. The molecule has 0 amide bonds. The molecule has 0 aliphatic carbocycles. The predicted octanol–water partition coefficient (Wildman–Crippen LogP) is 2.26. The SMILES string of the molecule is CC[PH]([Pd])(CC)CC. The van der Waals surface area contributed by atoms with Gasteiger partial charge in [0.2, 0.25) is 0 Å². The molecule has 0 aromatic carbocycles. The van der Waals surface area contributed by atoms with Crippen molar-refractivity contribution in [2.75, 3.05) is 18.5 Å². The van der Waals surface area contributed by atoms with Gasteiger partial charge in [0.25, 0.3) is 0 Å². The van der Waals surface area contributed by atoms with E-state index in [4.69, 9.17) is 0 Å². The van der Waals surface area contributed by atoms with Crippen molar-refractivity contribution in [1.82, 2.24) is 0 Å². The second-order valence-electron chi connectivity index (χ2n) is 2.15. The van der Waals surface area contributed by atoms with Crippen LogP contribution in [-0.2, 0) is 18.7 Å². The van der Waals surface area contributed by atoms with Crippen LogP contribution < -0.4 is 0 Å². The molecule has 0 aromatic heterocycles. The number of hydrogen-bond donors (Lipinski definition) is 0. The molecule has 0 saturated heterocycles. The maximum absolute atomic E-state index is 3.56. The summed E-state index contributed by atoms with van der Waals surface area (Å²) in [5, 5.41) is 0. The summed E-state index contributed by atoms with van der Waals surface area (Å²) >= 11 is 3.56. The van der Waals surface area contributed by atoms with Crippen molar-refractivity contribution >= 4 is 5.45 Å². The van der Waals surface area contributed by atoms with Crippen LogP contribution in [0.15, 0.2) is 0 Å². The van der Waals surface area contributed by atoms with Crippen molar-refractivity contribution in [3.05, 3.63) is 0 Å². The Morgan fingerprint density at radius 2 is 1.25 bits per heavy atom. The minimum atomic E-state index is -0.821. The molecule has 2 heteroatoms. The summed E-state index contributed by atoms with van der Waals surface area (Å²) in [7, 11) is 0. The van der Waals surface area contributed by atoms with E-state index in [-0.39, 0.29) is 0 Å². The molecule has 0 aliphatic rings. The summed E-state index contributed by atoms with van der Waals surface area (Å²) in [5.74, 6) is 0. The van der Waals surface area contributed by atoms with E-state index in [0.29, 0.717) is 0 Å². The Morgan fingerprint density at radius 1 is 1.00 bits per heavy atom. The second-order valence-corrected chi connectivity index (χ2v) is 11.4. The van der Waals surface area contributed by atoms with Crippen LogP contribution in [-0.4, -0.2) is 18.5 Å². The first kappa shape index (κ1) is 9.09. The molecule has 0 N–H and O–H groups in total. The Hall–Kier alpha value is 1.09. The van der Waals surface area contributed by atoms with E-state index in [9.17, 15) is 0 Å². The van der Waals surface area contributed by atoms with Crippen LogP contribution in [0.2, 0.25) is 0 Å². The first-order valence-electron chi connectivity index (χ1n) is 3.34. The molecule has 0 heterocycles. The van der Waals surface area contributed by atoms with E-state index in [1.807, 2.05) is 0 Å². The molecule has 0 bridgehead atoms. The molecule has 8 heavy (non-hydrogen) atoms. The van der Waals surface area contributed by atoms with Gasteiger partial charge in [0.05, 0.1) is 0 Å². The van der Waals surface area contributed by atoms with E-state index in [2.05, 4.69) is 39.5 Å². The molecule has 0 radical (unpaired) electrons. The van der Waals surface area contributed by atoms with Gasteiger partial charge in [-0.1, -0.05) is 0 Å². The third-order valence-electron chi connectivity index (χ3n) is 1.84. The van der Waals surface area contributed by atoms with Gasteiger partial charge in [-0.25, -0.2) is 0 Å². The average molecular weight is 226 g/mol. The molecule has 0 nitrogen and oxygen atoms in total. The van der Waals surface area contributed by atoms with Crippen LogP contribution in [0.1, 0.15) is 20.8 Å². The summed E-state index contributed by atoms with van der Waals surface area (Å²) in [6, 6.07) is 0. The van der Waals surface area contributed by atoms with E-state index in [1.165, 1.54) is 18.5 Å². The third kappa shape index (κ3) is 2.58. The number of rotatable bonds is 3. The first-order chi connectivity index (χ1) is 3.68. The van der Waals surface area contributed by atoms with Crippen LogP contribution in [0.4, 0.5) is 0 Å². The van der Waals surface area contributed by atoms with E-state index in [1.54, 1.807) is 0 Å². The second kappa shape index (κ2) is 4.00. The van der Waals surface area contributed by atoms with Crippen molar-refractivity contribution in [3.63, 3.8) is 0 Å². The van der Waals surface area contributed by atoms with Crippen molar-refractivity contribution in [2.45, 2.75) is 20.8 Å². The van der Waals surface area contributed by atoms with Crippen LogP contribution in [0.25, 0.3) is 0 Å². The normalized spacial score (nSPS) is 14.1. The van der Waals surface area contributed by atoms with Crippen molar-refractivity contribution in [1.29, 1.82) is 0 Å². The van der Waals surface area contributed by atoms with Gasteiger partial charge in [-0.2, -0.15) is 0 Å². The monoisotopic (exact) mass is 225 g/mol. The van der Waals surface area contributed by atoms with Gasteiger partial charge < -0.3 is 0 Å². The molecular formula is C6H16PPd. The summed E-state index contributed by atoms with van der Waals surface area (Å²) in [6.45, 7) is 6.89. The van der Waals surface area contributed by atoms with E-state index < -0.39 is 5.45 Å². The van der Waals surface area contributed by atoms with E-state index in [0.717, 1.165) is 0 Å². The Balaban J connectivity index is 3.58. The van der Waals surface area contributed by atoms with Crippen LogP contribution in [0, 0.1) is 0 Å². The quantitative estimate of drug-likeness (QED) is 0.511. The Kier molecular flexibility index (Phi) is 4.54. The molecule has 0 spiro atoms. The molecule has 0 unspecified atom stereocenters. The fourth-order valence-corrected chi connectivity index (χ4v) is 2.25. The third-order valence-corrected chi connectivity index (χ3v) is 10.5. The molecular weight excluding hydrogens is 209 g/mol. The van der Waals surface area contributed by atoms with Crippen LogP contribution in [0.3, 0.4) is 0 Å². The van der Waals surface area contributed by atoms with Gasteiger partial charge in [-0.05, 0) is 0 Å². The molecule has 55 valence electrons. The fraction of sp³-hybridized carbons (Fsp3) is 1.00. The Labute approximate surface area is 63.7 Å². The van der Waals surface area contributed by atoms with Gasteiger partial charge in [-0.3, -0.25) is 0 Å². The first-order valence-corrected chi connectivity index (χ1v) is 8.11. The standard InChI is InChI=1S/C6H15P.Pd/c1-4-7(5-2)6-3;/h4-6H2,1-3H3;/q;-1/p+1. The topological polar surface area (TPSA) is 0 Å².